The monoisotopic (exact) mass is 472 g/mol. The maximum Gasteiger partial charge on any atom is 0.247 e. The SMILES string of the molecule is CCCCCSc1nnc2c(n1)O[C@@H](/C=C/c1ccco1)Nc1ccc(Br)cc1-2. The lowest BCUT2D eigenvalue weighted by molar-refractivity contribution is 0.266. The minimum Gasteiger partial charge on any atom is -0.465 e. The number of unbranched alkanes of at least 4 members (excludes halogenated alkanes) is 2. The van der Waals surface area contributed by atoms with Crippen molar-refractivity contribution in [3.05, 3.63) is 52.9 Å². The van der Waals surface area contributed by atoms with Crippen LogP contribution in [-0.4, -0.2) is 27.2 Å². The Morgan fingerprint density at radius 3 is 3.00 bits per heavy atom. The standard InChI is InChI=1S/C21H21BrN4O2S/c1-2-3-4-12-29-21-24-20-19(25-26-21)16-13-14(22)7-9-17(16)23-18(28-20)10-8-15-6-5-11-27-15/h5-11,13,18,23H,2-4,12H2,1H3/b10-8+/t18-/m0/s1. The summed E-state index contributed by atoms with van der Waals surface area (Å²) < 4.78 is 12.5. The molecule has 0 bridgehead atoms. The van der Waals surface area contributed by atoms with Crippen molar-refractivity contribution in [3.63, 3.8) is 0 Å². The van der Waals surface area contributed by atoms with Crippen molar-refractivity contribution in [1.82, 2.24) is 15.2 Å². The van der Waals surface area contributed by atoms with E-state index >= 15 is 0 Å². The molecular formula is C21H21BrN4O2S. The van der Waals surface area contributed by atoms with Gasteiger partial charge >= 0.3 is 0 Å². The molecule has 8 heteroatoms. The van der Waals surface area contributed by atoms with E-state index < -0.39 is 6.23 Å². The average molecular weight is 473 g/mol. The van der Waals surface area contributed by atoms with Crippen molar-refractivity contribution in [2.75, 3.05) is 11.1 Å². The molecule has 3 heterocycles. The van der Waals surface area contributed by atoms with Gasteiger partial charge in [-0.2, -0.15) is 4.98 Å². The maximum absolute atomic E-state index is 6.16. The Kier molecular flexibility index (Phi) is 6.51. The van der Waals surface area contributed by atoms with Crippen LogP contribution in [0.1, 0.15) is 31.9 Å². The summed E-state index contributed by atoms with van der Waals surface area (Å²) in [5.74, 6) is 2.19. The molecule has 1 aromatic carbocycles. The summed E-state index contributed by atoms with van der Waals surface area (Å²) in [6.45, 7) is 2.19. The molecule has 1 N–H and O–H groups in total. The molecule has 1 aliphatic heterocycles. The zero-order chi connectivity index (χ0) is 20.1. The minimum atomic E-state index is -0.420. The number of benzene rings is 1. The highest BCUT2D eigenvalue weighted by Crippen LogP contribution is 2.38. The molecule has 0 aliphatic carbocycles. The van der Waals surface area contributed by atoms with E-state index in [4.69, 9.17) is 9.15 Å². The van der Waals surface area contributed by atoms with E-state index in [1.807, 2.05) is 42.5 Å². The van der Waals surface area contributed by atoms with Gasteiger partial charge in [0.2, 0.25) is 11.0 Å². The molecule has 1 aliphatic rings. The van der Waals surface area contributed by atoms with Crippen LogP contribution in [0.3, 0.4) is 0 Å². The number of nitrogens with one attached hydrogen (secondary N) is 1. The summed E-state index contributed by atoms with van der Waals surface area (Å²) in [6, 6.07) is 9.69. The number of hydrogen-bond acceptors (Lipinski definition) is 7. The minimum absolute atomic E-state index is 0.420. The second-order valence-electron chi connectivity index (χ2n) is 6.55. The average Bonchev–Trinajstić information content (AvgIpc) is 3.19. The fraction of sp³-hybridized carbons (Fsp3) is 0.286. The van der Waals surface area contributed by atoms with Crippen molar-refractivity contribution in [2.24, 2.45) is 0 Å². The lowest BCUT2D eigenvalue weighted by Crippen LogP contribution is -2.23. The molecule has 29 heavy (non-hydrogen) atoms. The summed E-state index contributed by atoms with van der Waals surface area (Å²) in [7, 11) is 0. The first-order chi connectivity index (χ1) is 14.2. The summed E-state index contributed by atoms with van der Waals surface area (Å²) in [5, 5.41) is 12.8. The highest BCUT2D eigenvalue weighted by atomic mass is 79.9. The smallest absolute Gasteiger partial charge is 0.247 e. The van der Waals surface area contributed by atoms with Crippen LogP contribution >= 0.6 is 27.7 Å². The Morgan fingerprint density at radius 2 is 2.17 bits per heavy atom. The molecule has 2 aromatic heterocycles. The normalized spacial score (nSPS) is 15.3. The fourth-order valence-corrected chi connectivity index (χ4v) is 4.06. The molecule has 0 spiro atoms. The number of ether oxygens (including phenoxy) is 1. The summed E-state index contributed by atoms with van der Waals surface area (Å²) in [4.78, 5) is 4.65. The predicted molar refractivity (Wildman–Crippen MR) is 119 cm³/mol. The quantitative estimate of drug-likeness (QED) is 0.332. The first-order valence-electron chi connectivity index (χ1n) is 9.55. The van der Waals surface area contributed by atoms with Gasteiger partial charge in [0, 0.05) is 21.5 Å². The van der Waals surface area contributed by atoms with Gasteiger partial charge in [-0.25, -0.2) is 0 Å². The van der Waals surface area contributed by atoms with Crippen molar-refractivity contribution < 1.29 is 9.15 Å². The zero-order valence-corrected chi connectivity index (χ0v) is 18.4. The lowest BCUT2D eigenvalue weighted by Gasteiger charge is -2.15. The van der Waals surface area contributed by atoms with Crippen LogP contribution < -0.4 is 10.1 Å². The first-order valence-corrected chi connectivity index (χ1v) is 11.3. The van der Waals surface area contributed by atoms with Crippen molar-refractivity contribution in [2.45, 2.75) is 37.6 Å². The molecule has 0 saturated carbocycles. The highest BCUT2D eigenvalue weighted by molar-refractivity contribution is 9.10. The van der Waals surface area contributed by atoms with E-state index in [0.717, 1.165) is 33.7 Å². The fourth-order valence-electron chi connectivity index (χ4n) is 2.92. The Bertz CT molecular complexity index is 994. The van der Waals surface area contributed by atoms with E-state index in [2.05, 4.69) is 43.4 Å². The molecule has 0 unspecified atom stereocenters. The van der Waals surface area contributed by atoms with Crippen molar-refractivity contribution in [3.8, 4) is 17.1 Å². The van der Waals surface area contributed by atoms with Crippen LogP contribution in [0, 0.1) is 0 Å². The number of aromatic nitrogens is 3. The molecule has 0 radical (unpaired) electrons. The third-order valence-electron chi connectivity index (χ3n) is 4.37. The van der Waals surface area contributed by atoms with Crippen molar-refractivity contribution >= 4 is 39.5 Å². The van der Waals surface area contributed by atoms with Gasteiger partial charge in [-0.1, -0.05) is 47.5 Å². The van der Waals surface area contributed by atoms with Crippen LogP contribution in [0.15, 0.2) is 56.7 Å². The molecule has 3 aromatic rings. The zero-order valence-electron chi connectivity index (χ0n) is 16.0. The maximum atomic E-state index is 6.16. The van der Waals surface area contributed by atoms with E-state index in [1.54, 1.807) is 18.0 Å². The van der Waals surface area contributed by atoms with Gasteiger partial charge in [-0.05, 0) is 48.9 Å². The third-order valence-corrected chi connectivity index (χ3v) is 5.78. The molecule has 6 nitrogen and oxygen atoms in total. The highest BCUT2D eigenvalue weighted by Gasteiger charge is 2.24. The molecule has 0 saturated heterocycles. The number of rotatable bonds is 7. The van der Waals surface area contributed by atoms with Gasteiger partial charge in [0.15, 0.2) is 11.9 Å². The predicted octanol–water partition coefficient (Wildman–Crippen LogP) is 6.02. The molecule has 0 amide bonds. The van der Waals surface area contributed by atoms with Crippen LogP contribution in [0.5, 0.6) is 5.88 Å². The Hall–Kier alpha value is -2.32. The largest absolute Gasteiger partial charge is 0.465 e. The number of thioether (sulfide) groups is 1. The van der Waals surface area contributed by atoms with Gasteiger partial charge < -0.3 is 14.5 Å². The third kappa shape index (κ3) is 5.00. The van der Waals surface area contributed by atoms with E-state index in [9.17, 15) is 0 Å². The number of fused-ring (bicyclic) bond motifs is 3. The summed E-state index contributed by atoms with van der Waals surface area (Å²) in [5.41, 5.74) is 2.42. The van der Waals surface area contributed by atoms with Crippen LogP contribution in [-0.2, 0) is 0 Å². The topological polar surface area (TPSA) is 73.1 Å². The van der Waals surface area contributed by atoms with Gasteiger partial charge in [-0.3, -0.25) is 0 Å². The number of hydrogen-bond donors (Lipinski definition) is 1. The Labute approximate surface area is 182 Å². The number of anilines is 1. The Balaban J connectivity index is 1.64. The van der Waals surface area contributed by atoms with Gasteiger partial charge in [-0.15, -0.1) is 10.2 Å². The lowest BCUT2D eigenvalue weighted by atomic mass is 10.1. The Morgan fingerprint density at radius 1 is 1.24 bits per heavy atom. The molecule has 1 atom stereocenters. The molecule has 150 valence electrons. The van der Waals surface area contributed by atoms with E-state index in [1.165, 1.54) is 12.8 Å². The van der Waals surface area contributed by atoms with Crippen LogP contribution in [0.2, 0.25) is 0 Å². The molecule has 0 fully saturated rings. The van der Waals surface area contributed by atoms with E-state index in [-0.39, 0.29) is 0 Å². The van der Waals surface area contributed by atoms with Gasteiger partial charge in [0.25, 0.3) is 0 Å². The number of nitrogens with zero attached hydrogens (tertiary/aromatic N) is 3. The molecule has 4 rings (SSSR count). The summed E-state index contributed by atoms with van der Waals surface area (Å²) in [6.07, 6.45) is 8.51. The number of halogens is 1. The van der Waals surface area contributed by atoms with E-state index in [0.29, 0.717) is 16.7 Å². The second-order valence-corrected chi connectivity index (χ2v) is 8.53. The van der Waals surface area contributed by atoms with Crippen LogP contribution in [0.25, 0.3) is 17.3 Å². The van der Waals surface area contributed by atoms with Gasteiger partial charge in [0.05, 0.1) is 6.26 Å². The van der Waals surface area contributed by atoms with Crippen LogP contribution in [0.4, 0.5) is 5.69 Å². The molecular weight excluding hydrogens is 452 g/mol. The summed E-state index contributed by atoms with van der Waals surface area (Å²) >= 11 is 5.15. The number of furan rings is 1. The van der Waals surface area contributed by atoms with Gasteiger partial charge in [0.1, 0.15) is 5.76 Å². The second kappa shape index (κ2) is 9.45. The first kappa shape index (κ1) is 20.0. The van der Waals surface area contributed by atoms with Crippen molar-refractivity contribution in [1.29, 1.82) is 0 Å².